The first-order valence-electron chi connectivity index (χ1n) is 21.2. The number of allylic oxidation sites excluding steroid dienone is 5. The zero-order valence-electron chi connectivity index (χ0n) is 33.9. The van der Waals surface area contributed by atoms with E-state index in [1.807, 2.05) is 6.08 Å². The molecule has 0 bridgehead atoms. The lowest BCUT2D eigenvalue weighted by atomic mass is 9.97. The van der Waals surface area contributed by atoms with E-state index in [0.29, 0.717) is 12.8 Å². The van der Waals surface area contributed by atoms with Crippen LogP contribution in [0.2, 0.25) is 0 Å². The van der Waals surface area contributed by atoms with Gasteiger partial charge in [-0.2, -0.15) is 0 Å². The van der Waals surface area contributed by atoms with Crippen LogP contribution in [-0.2, 0) is 23.7 Å². The summed E-state index contributed by atoms with van der Waals surface area (Å²) in [6, 6.07) is -0.930. The first-order valence-corrected chi connectivity index (χ1v) is 21.2. The van der Waals surface area contributed by atoms with Crippen molar-refractivity contribution >= 4 is 5.91 Å². The van der Waals surface area contributed by atoms with Crippen LogP contribution in [0, 0.1) is 0 Å². The Morgan fingerprint density at radius 2 is 1.14 bits per heavy atom. The zero-order valence-corrected chi connectivity index (χ0v) is 33.9. The van der Waals surface area contributed by atoms with Crippen LogP contribution in [0.25, 0.3) is 0 Å². The van der Waals surface area contributed by atoms with Gasteiger partial charge in [0.1, 0.15) is 48.8 Å². The number of unbranched alkanes of at least 4 members (excludes halogenated alkanes) is 13. The van der Waals surface area contributed by atoms with E-state index in [-0.39, 0.29) is 18.9 Å². The quantitative estimate of drug-likeness (QED) is 0.0376. The highest BCUT2D eigenvalue weighted by Gasteiger charge is 2.50. The van der Waals surface area contributed by atoms with Crippen molar-refractivity contribution in [2.24, 2.45) is 0 Å². The van der Waals surface area contributed by atoms with Gasteiger partial charge < -0.3 is 65.1 Å². The van der Waals surface area contributed by atoms with Crippen molar-refractivity contribution in [1.29, 1.82) is 0 Å². The second kappa shape index (κ2) is 30.3. The predicted octanol–water partition coefficient (Wildman–Crippen LogP) is 3.20. The van der Waals surface area contributed by atoms with Crippen LogP contribution in [0.1, 0.15) is 129 Å². The summed E-state index contributed by atoms with van der Waals surface area (Å²) in [4.78, 5) is 13.0. The van der Waals surface area contributed by atoms with E-state index >= 15 is 0 Å². The average Bonchev–Trinajstić information content (AvgIpc) is 3.19. The third-order valence-electron chi connectivity index (χ3n) is 10.3. The van der Waals surface area contributed by atoms with Crippen LogP contribution >= 0.6 is 0 Å². The van der Waals surface area contributed by atoms with Crippen LogP contribution in [0.15, 0.2) is 36.5 Å². The number of rotatable bonds is 30. The number of amides is 1. The van der Waals surface area contributed by atoms with Gasteiger partial charge in [-0.3, -0.25) is 4.79 Å². The lowest BCUT2D eigenvalue weighted by Gasteiger charge is -2.46. The fourth-order valence-corrected chi connectivity index (χ4v) is 6.73. The van der Waals surface area contributed by atoms with E-state index in [1.165, 1.54) is 44.9 Å². The van der Waals surface area contributed by atoms with E-state index in [0.717, 1.165) is 51.4 Å². The molecule has 2 heterocycles. The molecule has 12 unspecified atom stereocenters. The molecule has 0 spiro atoms. The van der Waals surface area contributed by atoms with Crippen LogP contribution in [0.5, 0.6) is 0 Å². The molecule has 9 N–H and O–H groups in total. The van der Waals surface area contributed by atoms with E-state index < -0.39 is 86.8 Å². The molecule has 0 aromatic rings. The Kier molecular flexibility index (Phi) is 27.2. The van der Waals surface area contributed by atoms with Crippen molar-refractivity contribution in [3.8, 4) is 0 Å². The van der Waals surface area contributed by atoms with Crippen molar-refractivity contribution in [2.75, 3.05) is 19.8 Å². The second-order valence-electron chi connectivity index (χ2n) is 15.1. The standard InChI is InChI=1S/C42H75NO13/c1-3-5-7-9-11-12-13-14-15-16-17-18-20-21-23-25-31(46)30(43-34(47)26-24-22-19-10-8-6-4-2)29-53-41-39(52)37(50)40(33(28-45)55-41)56-42-38(51)36(49)35(48)32(27-44)54-42/h13-14,17-18,23,25,30-33,35-42,44-46,48-52H,3-12,15-16,19-22,24,26-29H2,1-2H3,(H,43,47)/b14-13+,18-17+,25-23+. The van der Waals surface area contributed by atoms with E-state index in [9.17, 15) is 45.6 Å². The number of aliphatic hydroxyl groups is 8. The van der Waals surface area contributed by atoms with Crippen LogP contribution in [0.4, 0.5) is 0 Å². The predicted molar refractivity (Wildman–Crippen MR) is 212 cm³/mol. The molecule has 2 rings (SSSR count). The van der Waals surface area contributed by atoms with Gasteiger partial charge in [-0.1, -0.05) is 115 Å². The summed E-state index contributed by atoms with van der Waals surface area (Å²) in [5.41, 5.74) is 0. The minimum atomic E-state index is -1.79. The molecule has 2 saturated heterocycles. The molecule has 2 aliphatic rings. The Hall–Kier alpha value is -1.79. The fourth-order valence-electron chi connectivity index (χ4n) is 6.73. The van der Waals surface area contributed by atoms with Gasteiger partial charge in [0.25, 0.3) is 0 Å². The number of carbonyl (C=O) groups excluding carboxylic acids is 1. The number of aliphatic hydroxyl groups excluding tert-OH is 8. The molecule has 0 aromatic carbocycles. The molecule has 14 heteroatoms. The first kappa shape index (κ1) is 50.4. The lowest BCUT2D eigenvalue weighted by molar-refractivity contribution is -0.359. The monoisotopic (exact) mass is 802 g/mol. The number of hydrogen-bond donors (Lipinski definition) is 9. The number of hydrogen-bond acceptors (Lipinski definition) is 13. The van der Waals surface area contributed by atoms with Crippen molar-refractivity contribution in [2.45, 2.75) is 203 Å². The summed E-state index contributed by atoms with van der Waals surface area (Å²) < 4.78 is 22.5. The lowest BCUT2D eigenvalue weighted by Crippen LogP contribution is -2.65. The van der Waals surface area contributed by atoms with Gasteiger partial charge in [-0.25, -0.2) is 0 Å². The van der Waals surface area contributed by atoms with E-state index in [4.69, 9.17) is 18.9 Å². The van der Waals surface area contributed by atoms with Gasteiger partial charge in [-0.15, -0.1) is 0 Å². The highest BCUT2D eigenvalue weighted by Crippen LogP contribution is 2.29. The summed E-state index contributed by atoms with van der Waals surface area (Å²) in [5, 5.41) is 86.1. The second-order valence-corrected chi connectivity index (χ2v) is 15.1. The maximum absolute atomic E-state index is 13.0. The molecular formula is C42H75NO13. The minimum absolute atomic E-state index is 0.264. The maximum atomic E-state index is 13.0. The summed E-state index contributed by atoms with van der Waals surface area (Å²) in [7, 11) is 0. The first-order chi connectivity index (χ1) is 27.1. The van der Waals surface area contributed by atoms with Crippen LogP contribution < -0.4 is 5.32 Å². The fraction of sp³-hybridized carbons (Fsp3) is 0.833. The molecule has 56 heavy (non-hydrogen) atoms. The highest BCUT2D eigenvalue weighted by atomic mass is 16.7. The van der Waals surface area contributed by atoms with Gasteiger partial charge in [0, 0.05) is 6.42 Å². The molecule has 1 amide bonds. The SMILES string of the molecule is CCCCCCC/C=C/CC/C=C/CC/C=C/C(O)C(COC1OC(CO)C(OC2OC(CO)C(O)C(O)C2O)C(O)C1O)NC(=O)CCCCCCCCC. The summed E-state index contributed by atoms with van der Waals surface area (Å²) >= 11 is 0. The smallest absolute Gasteiger partial charge is 0.220 e. The Morgan fingerprint density at radius 1 is 0.625 bits per heavy atom. The Morgan fingerprint density at radius 3 is 1.75 bits per heavy atom. The average molecular weight is 802 g/mol. The Balaban J connectivity index is 1.95. The Bertz CT molecular complexity index is 1090. The highest BCUT2D eigenvalue weighted by molar-refractivity contribution is 5.76. The Labute approximate surface area is 334 Å². The topological polar surface area (TPSA) is 228 Å². The number of carbonyl (C=O) groups is 1. The molecule has 2 fully saturated rings. The number of ether oxygens (including phenoxy) is 4. The van der Waals surface area contributed by atoms with Crippen LogP contribution in [-0.4, -0.2) is 140 Å². The maximum Gasteiger partial charge on any atom is 0.220 e. The molecule has 12 atom stereocenters. The molecule has 0 aliphatic carbocycles. The number of nitrogens with one attached hydrogen (secondary N) is 1. The van der Waals surface area contributed by atoms with Crippen molar-refractivity contribution < 1.29 is 64.6 Å². The third kappa shape index (κ3) is 18.9. The molecule has 2 aliphatic heterocycles. The molecule has 0 aromatic heterocycles. The van der Waals surface area contributed by atoms with Crippen molar-refractivity contribution in [1.82, 2.24) is 5.32 Å². The van der Waals surface area contributed by atoms with Gasteiger partial charge in [0.2, 0.25) is 5.91 Å². The van der Waals surface area contributed by atoms with Gasteiger partial charge in [0.05, 0.1) is 32.0 Å². The van der Waals surface area contributed by atoms with E-state index in [2.05, 4.69) is 43.5 Å². The summed E-state index contributed by atoms with van der Waals surface area (Å²) in [6.45, 7) is 2.64. The molecular weight excluding hydrogens is 726 g/mol. The normalized spacial score (nSPS) is 29.8. The van der Waals surface area contributed by atoms with Crippen molar-refractivity contribution in [3.63, 3.8) is 0 Å². The van der Waals surface area contributed by atoms with Gasteiger partial charge >= 0.3 is 0 Å². The van der Waals surface area contributed by atoms with Gasteiger partial charge in [-0.05, 0) is 44.9 Å². The van der Waals surface area contributed by atoms with Crippen LogP contribution in [0.3, 0.4) is 0 Å². The van der Waals surface area contributed by atoms with E-state index in [1.54, 1.807) is 6.08 Å². The summed E-state index contributed by atoms with van der Waals surface area (Å²) in [6.07, 6.45) is 13.7. The summed E-state index contributed by atoms with van der Waals surface area (Å²) in [5.74, 6) is -0.264. The molecule has 0 saturated carbocycles. The third-order valence-corrected chi connectivity index (χ3v) is 10.3. The zero-order chi connectivity index (χ0) is 41.1. The largest absolute Gasteiger partial charge is 0.394 e. The van der Waals surface area contributed by atoms with Gasteiger partial charge in [0.15, 0.2) is 12.6 Å². The molecule has 0 radical (unpaired) electrons. The molecule has 14 nitrogen and oxygen atoms in total. The molecule has 326 valence electrons. The van der Waals surface area contributed by atoms with Crippen molar-refractivity contribution in [3.05, 3.63) is 36.5 Å². The minimum Gasteiger partial charge on any atom is -0.394 e.